The van der Waals surface area contributed by atoms with E-state index in [0.717, 1.165) is 0 Å². The summed E-state index contributed by atoms with van der Waals surface area (Å²) in [6.07, 6.45) is 0. The Kier molecular flexibility index (Phi) is 3.95. The minimum atomic E-state index is -0.410. The van der Waals surface area contributed by atoms with Gasteiger partial charge in [0.2, 0.25) is 0 Å². The number of nitrogens with two attached hydrogens (primary N) is 1. The van der Waals surface area contributed by atoms with E-state index in [4.69, 9.17) is 18.0 Å². The SMILES string of the molecule is Cc1ccc(C(=O)NC(C)C(N)=S)cc1F. The zero-order valence-electron chi connectivity index (χ0n) is 9.08. The van der Waals surface area contributed by atoms with Crippen LogP contribution in [-0.4, -0.2) is 16.9 Å². The Morgan fingerprint density at radius 3 is 2.69 bits per heavy atom. The third-order valence-corrected chi connectivity index (χ3v) is 2.56. The van der Waals surface area contributed by atoms with Crippen molar-refractivity contribution in [3.63, 3.8) is 0 Å². The van der Waals surface area contributed by atoms with Gasteiger partial charge in [0, 0.05) is 5.56 Å². The van der Waals surface area contributed by atoms with Gasteiger partial charge >= 0.3 is 0 Å². The van der Waals surface area contributed by atoms with Crippen LogP contribution in [0.2, 0.25) is 0 Å². The summed E-state index contributed by atoms with van der Waals surface area (Å²) in [4.78, 5) is 11.8. The second-order valence-corrected chi connectivity index (χ2v) is 4.03. The van der Waals surface area contributed by atoms with E-state index >= 15 is 0 Å². The summed E-state index contributed by atoms with van der Waals surface area (Å²) in [7, 11) is 0. The molecule has 0 saturated heterocycles. The highest BCUT2D eigenvalue weighted by Gasteiger charge is 2.12. The molecular weight excluding hydrogens is 227 g/mol. The van der Waals surface area contributed by atoms with E-state index in [1.165, 1.54) is 6.07 Å². The lowest BCUT2D eigenvalue weighted by Gasteiger charge is -2.12. The number of nitrogens with one attached hydrogen (secondary N) is 1. The molecular formula is C11H13FN2OS. The number of benzene rings is 1. The molecule has 5 heteroatoms. The molecule has 0 heterocycles. The van der Waals surface area contributed by atoms with Gasteiger partial charge in [0.1, 0.15) is 5.82 Å². The number of rotatable bonds is 3. The summed E-state index contributed by atoms with van der Waals surface area (Å²) in [5.74, 6) is -0.796. The fraction of sp³-hybridized carbons (Fsp3) is 0.273. The van der Waals surface area contributed by atoms with Gasteiger partial charge in [-0.15, -0.1) is 0 Å². The molecule has 86 valence electrons. The van der Waals surface area contributed by atoms with Crippen molar-refractivity contribution in [2.45, 2.75) is 19.9 Å². The number of thiocarbonyl (C=S) groups is 1. The van der Waals surface area contributed by atoms with Crippen molar-refractivity contribution in [3.8, 4) is 0 Å². The Morgan fingerprint density at radius 2 is 2.19 bits per heavy atom. The van der Waals surface area contributed by atoms with Crippen LogP contribution in [0.5, 0.6) is 0 Å². The lowest BCUT2D eigenvalue weighted by atomic mass is 10.1. The van der Waals surface area contributed by atoms with Gasteiger partial charge in [-0.05, 0) is 31.5 Å². The monoisotopic (exact) mass is 240 g/mol. The fourth-order valence-corrected chi connectivity index (χ4v) is 1.14. The summed E-state index contributed by atoms with van der Waals surface area (Å²) >= 11 is 4.72. The van der Waals surface area contributed by atoms with Gasteiger partial charge in [-0.3, -0.25) is 4.79 Å². The second-order valence-electron chi connectivity index (χ2n) is 3.56. The Bertz CT molecular complexity index is 434. The zero-order chi connectivity index (χ0) is 12.3. The molecule has 0 fully saturated rings. The van der Waals surface area contributed by atoms with Crippen molar-refractivity contribution in [2.24, 2.45) is 5.73 Å². The second kappa shape index (κ2) is 5.03. The molecule has 16 heavy (non-hydrogen) atoms. The number of carbonyl (C=O) groups excluding carboxylic acids is 1. The minimum absolute atomic E-state index is 0.195. The maximum Gasteiger partial charge on any atom is 0.251 e. The molecule has 0 spiro atoms. The number of aryl methyl sites for hydroxylation is 1. The van der Waals surface area contributed by atoms with Crippen molar-refractivity contribution in [3.05, 3.63) is 35.1 Å². The van der Waals surface area contributed by atoms with Gasteiger partial charge < -0.3 is 11.1 Å². The predicted octanol–water partition coefficient (Wildman–Crippen LogP) is 1.54. The van der Waals surface area contributed by atoms with Gasteiger partial charge in [0.15, 0.2) is 0 Å². The smallest absolute Gasteiger partial charge is 0.251 e. The molecule has 0 saturated carbocycles. The van der Waals surface area contributed by atoms with Crippen molar-refractivity contribution in [1.29, 1.82) is 0 Å². The fourth-order valence-electron chi connectivity index (χ4n) is 1.09. The van der Waals surface area contributed by atoms with E-state index < -0.39 is 11.9 Å². The summed E-state index contributed by atoms with van der Waals surface area (Å²) in [5, 5.41) is 2.57. The quantitative estimate of drug-likeness (QED) is 0.788. The van der Waals surface area contributed by atoms with E-state index in [1.807, 2.05) is 0 Å². The van der Waals surface area contributed by atoms with Crippen LogP contribution in [0.4, 0.5) is 4.39 Å². The highest BCUT2D eigenvalue weighted by molar-refractivity contribution is 7.80. The Hall–Kier alpha value is -1.49. The molecule has 1 rings (SSSR count). The number of halogens is 1. The van der Waals surface area contributed by atoms with Gasteiger partial charge in [-0.2, -0.15) is 0 Å². The van der Waals surface area contributed by atoms with Crippen LogP contribution in [0, 0.1) is 12.7 Å². The number of amides is 1. The molecule has 0 radical (unpaired) electrons. The van der Waals surface area contributed by atoms with E-state index in [2.05, 4.69) is 5.32 Å². The lowest BCUT2D eigenvalue weighted by molar-refractivity contribution is 0.0949. The van der Waals surface area contributed by atoms with Crippen molar-refractivity contribution < 1.29 is 9.18 Å². The first-order valence-corrected chi connectivity index (χ1v) is 5.19. The van der Waals surface area contributed by atoms with Gasteiger partial charge in [0.25, 0.3) is 5.91 Å². The third kappa shape index (κ3) is 3.00. The van der Waals surface area contributed by atoms with Crippen LogP contribution in [0.1, 0.15) is 22.8 Å². The van der Waals surface area contributed by atoms with E-state index in [-0.39, 0.29) is 16.5 Å². The molecule has 0 aliphatic heterocycles. The first-order valence-electron chi connectivity index (χ1n) is 4.78. The highest BCUT2D eigenvalue weighted by Crippen LogP contribution is 2.09. The minimum Gasteiger partial charge on any atom is -0.392 e. The molecule has 1 aromatic carbocycles. The number of hydrogen-bond acceptors (Lipinski definition) is 2. The van der Waals surface area contributed by atoms with Gasteiger partial charge in [-0.1, -0.05) is 18.3 Å². The number of hydrogen-bond donors (Lipinski definition) is 2. The van der Waals surface area contributed by atoms with E-state index in [1.54, 1.807) is 26.0 Å². The highest BCUT2D eigenvalue weighted by atomic mass is 32.1. The molecule has 3 nitrogen and oxygen atoms in total. The van der Waals surface area contributed by atoms with Gasteiger partial charge in [-0.25, -0.2) is 4.39 Å². The normalized spacial score (nSPS) is 11.9. The summed E-state index contributed by atoms with van der Waals surface area (Å²) < 4.78 is 13.2. The van der Waals surface area contributed by atoms with E-state index in [0.29, 0.717) is 5.56 Å². The maximum absolute atomic E-state index is 13.2. The molecule has 1 amide bonds. The van der Waals surface area contributed by atoms with Crippen LogP contribution >= 0.6 is 12.2 Å². The first kappa shape index (κ1) is 12.6. The summed E-state index contributed by atoms with van der Waals surface area (Å²) in [5.41, 5.74) is 6.11. The topological polar surface area (TPSA) is 55.1 Å². The molecule has 0 aliphatic carbocycles. The Labute approximate surface area is 98.8 Å². The van der Waals surface area contributed by atoms with Crippen molar-refractivity contribution >= 4 is 23.1 Å². The van der Waals surface area contributed by atoms with Crippen molar-refractivity contribution in [1.82, 2.24) is 5.32 Å². The molecule has 0 aromatic heterocycles. The lowest BCUT2D eigenvalue weighted by Crippen LogP contribution is -2.41. The predicted molar refractivity (Wildman–Crippen MR) is 64.9 cm³/mol. The zero-order valence-corrected chi connectivity index (χ0v) is 9.90. The van der Waals surface area contributed by atoms with Crippen LogP contribution in [0.15, 0.2) is 18.2 Å². The molecule has 1 atom stereocenters. The van der Waals surface area contributed by atoms with Gasteiger partial charge in [0.05, 0.1) is 11.0 Å². The van der Waals surface area contributed by atoms with E-state index in [9.17, 15) is 9.18 Å². The van der Waals surface area contributed by atoms with Crippen LogP contribution in [0.25, 0.3) is 0 Å². The molecule has 3 N–H and O–H groups in total. The first-order chi connectivity index (χ1) is 7.41. The molecule has 1 unspecified atom stereocenters. The standard InChI is InChI=1S/C11H13FN2OS/c1-6-3-4-8(5-9(6)12)11(15)14-7(2)10(13)16/h3-5,7H,1-2H3,(H2,13,16)(H,14,15). The summed E-state index contributed by atoms with van der Waals surface area (Å²) in [6, 6.07) is 3.89. The summed E-state index contributed by atoms with van der Waals surface area (Å²) in [6.45, 7) is 3.30. The van der Waals surface area contributed by atoms with Crippen LogP contribution < -0.4 is 11.1 Å². The van der Waals surface area contributed by atoms with Crippen molar-refractivity contribution in [2.75, 3.05) is 0 Å². The molecule has 0 aliphatic rings. The Morgan fingerprint density at radius 1 is 1.56 bits per heavy atom. The largest absolute Gasteiger partial charge is 0.392 e. The Balaban J connectivity index is 2.81. The van der Waals surface area contributed by atoms with Crippen LogP contribution in [-0.2, 0) is 0 Å². The maximum atomic E-state index is 13.2. The average molecular weight is 240 g/mol. The molecule has 0 bridgehead atoms. The molecule has 1 aromatic rings. The number of carbonyl (C=O) groups is 1. The third-order valence-electron chi connectivity index (χ3n) is 2.21. The average Bonchev–Trinajstić information content (AvgIpc) is 2.21. The van der Waals surface area contributed by atoms with Crippen LogP contribution in [0.3, 0.4) is 0 Å².